The van der Waals surface area contributed by atoms with Gasteiger partial charge in [0, 0.05) is 5.56 Å². The van der Waals surface area contributed by atoms with Gasteiger partial charge in [0.2, 0.25) is 0 Å². The van der Waals surface area contributed by atoms with Gasteiger partial charge in [-0.25, -0.2) is 10.2 Å². The number of ether oxygens (including phenoxy) is 2. The van der Waals surface area contributed by atoms with Crippen molar-refractivity contribution in [3.05, 3.63) is 29.8 Å². The van der Waals surface area contributed by atoms with Crippen molar-refractivity contribution in [2.75, 3.05) is 13.7 Å². The molecule has 0 saturated carbocycles. The Morgan fingerprint density at radius 3 is 2.56 bits per heavy atom. The largest absolute Gasteiger partial charge is 0.497 e. The van der Waals surface area contributed by atoms with Crippen LogP contribution in [-0.2, 0) is 9.53 Å². The van der Waals surface area contributed by atoms with Gasteiger partial charge in [0.15, 0.2) is 0 Å². The summed E-state index contributed by atoms with van der Waals surface area (Å²) in [5.74, 6) is -0.368. The summed E-state index contributed by atoms with van der Waals surface area (Å²) in [6.45, 7) is 1.94. The van der Waals surface area contributed by atoms with E-state index < -0.39 is 11.9 Å². The Bertz CT molecular complexity index is 440. The first-order chi connectivity index (χ1) is 8.67. The predicted octanol–water partition coefficient (Wildman–Crippen LogP) is 0.974. The van der Waals surface area contributed by atoms with Gasteiger partial charge in [-0.3, -0.25) is 4.79 Å². The van der Waals surface area contributed by atoms with Crippen molar-refractivity contribution in [3.63, 3.8) is 0 Å². The lowest BCUT2D eigenvalue weighted by atomic mass is 10.2. The Balaban J connectivity index is 2.52. The van der Waals surface area contributed by atoms with Crippen LogP contribution in [0.3, 0.4) is 0 Å². The van der Waals surface area contributed by atoms with Crippen LogP contribution in [0.4, 0.5) is 0 Å². The summed E-state index contributed by atoms with van der Waals surface area (Å²) in [4.78, 5) is 22.5. The van der Waals surface area contributed by atoms with Gasteiger partial charge in [0.1, 0.15) is 12.0 Å². The maximum atomic E-state index is 11.6. The molecule has 1 aromatic carbocycles. The van der Waals surface area contributed by atoms with Crippen LogP contribution in [-0.4, -0.2) is 31.8 Å². The van der Waals surface area contributed by atoms with Gasteiger partial charge in [0.05, 0.1) is 13.7 Å². The van der Waals surface area contributed by atoms with Crippen LogP contribution in [0.1, 0.15) is 17.3 Å². The molecule has 1 amide bonds. The second-order valence-corrected chi connectivity index (χ2v) is 3.18. The van der Waals surface area contributed by atoms with Gasteiger partial charge >= 0.3 is 5.97 Å². The zero-order chi connectivity index (χ0) is 13.4. The second kappa shape index (κ2) is 7.05. The fraction of sp³-hybridized carbons (Fsp3) is 0.250. The van der Waals surface area contributed by atoms with Gasteiger partial charge in [-0.05, 0) is 31.2 Å². The van der Waals surface area contributed by atoms with Gasteiger partial charge in [-0.15, -0.1) is 0 Å². The van der Waals surface area contributed by atoms with Crippen LogP contribution in [0, 0.1) is 0 Å². The molecule has 0 bridgehead atoms. The number of rotatable bonds is 5. The first kappa shape index (κ1) is 13.7. The number of carbonyl (C=O) groups excluding carboxylic acids is 2. The number of benzene rings is 1. The average molecular weight is 250 g/mol. The van der Waals surface area contributed by atoms with E-state index in [1.54, 1.807) is 38.3 Å². The smallest absolute Gasteiger partial charge is 0.351 e. The molecule has 0 unspecified atom stereocenters. The Morgan fingerprint density at radius 1 is 1.33 bits per heavy atom. The quantitative estimate of drug-likeness (QED) is 0.480. The third-order valence-electron chi connectivity index (χ3n) is 1.97. The lowest BCUT2D eigenvalue weighted by Crippen LogP contribution is -2.19. The topological polar surface area (TPSA) is 77.0 Å². The molecule has 1 rings (SSSR count). The minimum atomic E-state index is -0.604. The Morgan fingerprint density at radius 2 is 2.00 bits per heavy atom. The van der Waals surface area contributed by atoms with Crippen molar-refractivity contribution in [2.45, 2.75) is 6.92 Å². The zero-order valence-electron chi connectivity index (χ0n) is 10.2. The van der Waals surface area contributed by atoms with Crippen molar-refractivity contribution in [1.29, 1.82) is 0 Å². The summed E-state index contributed by atoms with van der Waals surface area (Å²) in [6.07, 6.45) is 0.908. The maximum Gasteiger partial charge on any atom is 0.351 e. The fourth-order valence-corrected chi connectivity index (χ4v) is 1.13. The molecule has 18 heavy (non-hydrogen) atoms. The van der Waals surface area contributed by atoms with Crippen LogP contribution in [0.2, 0.25) is 0 Å². The molecule has 0 radical (unpaired) electrons. The van der Waals surface area contributed by atoms with Gasteiger partial charge in [-0.1, -0.05) is 0 Å². The molecule has 6 heteroatoms. The molecule has 0 aliphatic heterocycles. The lowest BCUT2D eigenvalue weighted by molar-refractivity contribution is -0.134. The molecule has 0 aromatic heterocycles. The van der Waals surface area contributed by atoms with Crippen LogP contribution in [0.5, 0.6) is 5.75 Å². The third kappa shape index (κ3) is 4.25. The minimum Gasteiger partial charge on any atom is -0.497 e. The van der Waals surface area contributed by atoms with E-state index in [9.17, 15) is 9.59 Å². The highest BCUT2D eigenvalue weighted by Crippen LogP contribution is 2.10. The van der Waals surface area contributed by atoms with Crippen LogP contribution in [0.15, 0.2) is 29.4 Å². The normalized spacial score (nSPS) is 10.1. The summed E-state index contributed by atoms with van der Waals surface area (Å²) in [6, 6.07) is 6.50. The molecule has 96 valence electrons. The Hall–Kier alpha value is -2.37. The SMILES string of the molecule is CCOC(=O)/C=N/NC(=O)c1ccc(OC)cc1. The summed E-state index contributed by atoms with van der Waals surface area (Å²) < 4.78 is 9.57. The average Bonchev–Trinajstić information content (AvgIpc) is 2.39. The molecule has 6 nitrogen and oxygen atoms in total. The summed E-state index contributed by atoms with van der Waals surface area (Å²) in [7, 11) is 1.54. The van der Waals surface area contributed by atoms with Crippen molar-refractivity contribution in [1.82, 2.24) is 5.43 Å². The van der Waals surface area contributed by atoms with E-state index in [-0.39, 0.29) is 6.61 Å². The fourth-order valence-electron chi connectivity index (χ4n) is 1.13. The monoisotopic (exact) mass is 250 g/mol. The standard InChI is InChI=1S/C12H14N2O4/c1-3-18-11(15)8-13-14-12(16)9-4-6-10(17-2)7-5-9/h4-8H,3H2,1-2H3,(H,14,16)/b13-8+. The highest BCUT2D eigenvalue weighted by atomic mass is 16.5. The highest BCUT2D eigenvalue weighted by Gasteiger charge is 2.04. The minimum absolute atomic E-state index is 0.261. The molecular weight excluding hydrogens is 236 g/mol. The van der Waals surface area contributed by atoms with Crippen molar-refractivity contribution < 1.29 is 19.1 Å². The number of nitrogens with zero attached hydrogens (tertiary/aromatic N) is 1. The number of esters is 1. The van der Waals surface area contributed by atoms with Crippen LogP contribution >= 0.6 is 0 Å². The molecule has 0 aliphatic rings. The molecule has 0 fully saturated rings. The number of amides is 1. The molecule has 0 aliphatic carbocycles. The van der Waals surface area contributed by atoms with Crippen molar-refractivity contribution >= 4 is 18.1 Å². The molecule has 0 spiro atoms. The van der Waals surface area contributed by atoms with E-state index in [1.165, 1.54) is 0 Å². The predicted molar refractivity (Wildman–Crippen MR) is 65.6 cm³/mol. The first-order valence-corrected chi connectivity index (χ1v) is 5.31. The molecule has 1 N–H and O–H groups in total. The number of hydrogen-bond donors (Lipinski definition) is 1. The van der Waals surface area contributed by atoms with E-state index in [2.05, 4.69) is 15.3 Å². The summed E-state index contributed by atoms with van der Waals surface area (Å²) in [5, 5.41) is 3.48. The molecule has 0 heterocycles. The Kier molecular flexibility index (Phi) is 5.37. The van der Waals surface area contributed by atoms with Crippen molar-refractivity contribution in [3.8, 4) is 5.75 Å². The molecular formula is C12H14N2O4. The summed E-state index contributed by atoms with van der Waals surface area (Å²) in [5.41, 5.74) is 2.63. The third-order valence-corrected chi connectivity index (χ3v) is 1.97. The zero-order valence-corrected chi connectivity index (χ0v) is 10.2. The van der Waals surface area contributed by atoms with E-state index in [1.807, 2.05) is 0 Å². The lowest BCUT2D eigenvalue weighted by Gasteiger charge is -2.01. The number of nitrogens with one attached hydrogen (secondary N) is 1. The highest BCUT2D eigenvalue weighted by molar-refractivity contribution is 6.23. The van der Waals surface area contributed by atoms with Crippen molar-refractivity contribution in [2.24, 2.45) is 5.10 Å². The molecule has 1 aromatic rings. The van der Waals surface area contributed by atoms with Gasteiger partial charge in [-0.2, -0.15) is 5.10 Å². The number of carbonyl (C=O) groups is 2. The maximum absolute atomic E-state index is 11.6. The number of hydrazone groups is 1. The van der Waals surface area contributed by atoms with Crippen LogP contribution in [0.25, 0.3) is 0 Å². The number of methoxy groups -OCH3 is 1. The Labute approximate surface area is 105 Å². The van der Waals surface area contributed by atoms with Gasteiger partial charge < -0.3 is 9.47 Å². The van der Waals surface area contributed by atoms with E-state index in [0.29, 0.717) is 11.3 Å². The van der Waals surface area contributed by atoms with Gasteiger partial charge in [0.25, 0.3) is 5.91 Å². The second-order valence-electron chi connectivity index (χ2n) is 3.18. The van der Waals surface area contributed by atoms with Crippen LogP contribution < -0.4 is 10.2 Å². The molecule has 0 atom stereocenters. The van der Waals surface area contributed by atoms with E-state index in [0.717, 1.165) is 6.21 Å². The summed E-state index contributed by atoms with van der Waals surface area (Å²) >= 11 is 0. The molecule has 0 saturated heterocycles. The first-order valence-electron chi connectivity index (χ1n) is 5.31. The van der Waals surface area contributed by atoms with E-state index >= 15 is 0 Å². The number of hydrogen-bond acceptors (Lipinski definition) is 5. The van der Waals surface area contributed by atoms with E-state index in [4.69, 9.17) is 4.74 Å².